The first-order chi connectivity index (χ1) is 54.5. The molecule has 0 N–H and O–H groups in total. The van der Waals surface area contributed by atoms with E-state index in [4.69, 9.17) is 10.2 Å². The van der Waals surface area contributed by atoms with Crippen molar-refractivity contribution in [1.82, 2.24) is 20.4 Å². The molecule has 4 atom stereocenters. The number of hydrogen-bond acceptors (Lipinski definition) is 6. The lowest BCUT2D eigenvalue weighted by atomic mass is 9.52. The minimum absolute atomic E-state index is 0.590. The Bertz CT molecular complexity index is 6900. The molecule has 2 heterocycles. The van der Waals surface area contributed by atoms with Crippen molar-refractivity contribution in [2.75, 3.05) is 0 Å². The average Bonchev–Trinajstić information content (AvgIpc) is 1.46. The fraction of sp³-hybridized carbons (Fsp3) is 0.0385. The lowest BCUT2D eigenvalue weighted by molar-refractivity contribution is 0.636. The normalized spacial score (nSPS) is 18.1. The Morgan fingerprint density at radius 2 is 0.482 bits per heavy atom. The van der Waals surface area contributed by atoms with Gasteiger partial charge in [0.1, 0.15) is 20.0 Å². The summed E-state index contributed by atoms with van der Waals surface area (Å²) in [5.74, 6) is 0. The third kappa shape index (κ3) is 8.02. The van der Waals surface area contributed by atoms with Crippen molar-refractivity contribution in [2.24, 2.45) is 0 Å². The molecule has 4 nitrogen and oxygen atoms in total. The zero-order chi connectivity index (χ0) is 72.0. The summed E-state index contributed by atoms with van der Waals surface area (Å²) >= 11 is 3.26. The van der Waals surface area contributed by atoms with E-state index >= 15 is 0 Å². The van der Waals surface area contributed by atoms with Gasteiger partial charge in [-0.2, -0.15) is 0 Å². The summed E-state index contributed by atoms with van der Waals surface area (Å²) in [6.45, 7) is 0. The van der Waals surface area contributed by atoms with Crippen molar-refractivity contribution in [3.8, 4) is 120 Å². The van der Waals surface area contributed by atoms with E-state index in [1.54, 1.807) is 22.7 Å². The van der Waals surface area contributed by atoms with Crippen molar-refractivity contribution in [1.29, 1.82) is 0 Å². The smallest absolute Gasteiger partial charge is 0.138 e. The maximum absolute atomic E-state index is 4.79. The molecule has 110 heavy (non-hydrogen) atoms. The van der Waals surface area contributed by atoms with Crippen LogP contribution in [0, 0.1) is 0 Å². The summed E-state index contributed by atoms with van der Waals surface area (Å²) in [5, 5.41) is 22.4. The van der Waals surface area contributed by atoms with Crippen LogP contribution >= 0.6 is 22.7 Å². The molecule has 6 aliphatic rings. The van der Waals surface area contributed by atoms with Crippen LogP contribution in [0.2, 0.25) is 0 Å². The average molecular weight is 1430 g/mol. The molecule has 510 valence electrons. The van der Waals surface area contributed by atoms with Crippen LogP contribution in [0.5, 0.6) is 0 Å². The largest absolute Gasteiger partial charge is 0.148 e. The van der Waals surface area contributed by atoms with E-state index in [1.807, 2.05) is 12.1 Å². The Kier molecular flexibility index (Phi) is 13.0. The lowest BCUT2D eigenvalue weighted by Crippen LogP contribution is -2.43. The summed E-state index contributed by atoms with van der Waals surface area (Å²) < 4.78 is 0. The summed E-state index contributed by atoms with van der Waals surface area (Å²) in [5.41, 5.74) is 39.4. The molecule has 2 aromatic heterocycles. The molecule has 24 rings (SSSR count). The first-order valence-electron chi connectivity index (χ1n) is 37.9. The van der Waals surface area contributed by atoms with Gasteiger partial charge in [-0.05, 0) is 191 Å². The van der Waals surface area contributed by atoms with Crippen molar-refractivity contribution >= 4 is 22.7 Å². The van der Waals surface area contributed by atoms with Crippen molar-refractivity contribution < 1.29 is 0 Å². The van der Waals surface area contributed by atoms with Crippen LogP contribution in [0.15, 0.2) is 376 Å². The number of fused-ring (bicyclic) bond motifs is 24. The van der Waals surface area contributed by atoms with Gasteiger partial charge in [0.15, 0.2) is 0 Å². The summed E-state index contributed by atoms with van der Waals surface area (Å²) in [6, 6.07) is 143. The van der Waals surface area contributed by atoms with E-state index < -0.39 is 21.7 Å². The minimum Gasteiger partial charge on any atom is -0.138 e. The van der Waals surface area contributed by atoms with E-state index in [0.717, 1.165) is 59.0 Å². The number of aromatic nitrogens is 4. The highest BCUT2D eigenvalue weighted by Crippen LogP contribution is 2.72. The third-order valence-electron chi connectivity index (χ3n) is 25.2. The van der Waals surface area contributed by atoms with Gasteiger partial charge in [-0.25, -0.2) is 0 Å². The quantitative estimate of drug-likeness (QED) is 0.145. The highest BCUT2D eigenvalue weighted by molar-refractivity contribution is 7.18. The standard InChI is InChI=1S/C104H62N4S2/c1-5-25-65(26-6-1)97-105-107-99(109-97)67-51-47-63(48-52-67)69-56-58-85-81(59-69)75-34-14-17-39-83(75)103(85)88-43-21-20-42-87(88)102(73-31-11-4-12-32-73)92-61-70(55-57-76(92)78-37-24-45-90(103)96(78)102)80-60-71(64-49-53-68(54-50-64)100-108-106-98(110-100)66-27-7-2-8-28-66)62-93-94(80)79-35-15-18-40-84(79)104(93)89-44-22-19-41-86(89)101(72-29-9-3-10-30-72)82-38-16-13-33-74(82)77-36-23-46-91(104)95(77)101/h1-62H. The van der Waals surface area contributed by atoms with Gasteiger partial charge in [-0.3, -0.25) is 0 Å². The van der Waals surface area contributed by atoms with Gasteiger partial charge in [0.2, 0.25) is 0 Å². The Hall–Kier alpha value is -13.4. The second kappa shape index (κ2) is 23.1. The van der Waals surface area contributed by atoms with Crippen LogP contribution in [0.4, 0.5) is 0 Å². The molecule has 0 aliphatic heterocycles. The van der Waals surface area contributed by atoms with Gasteiger partial charge in [-0.15, -0.1) is 20.4 Å². The van der Waals surface area contributed by atoms with Crippen LogP contribution in [0.25, 0.3) is 120 Å². The molecule has 0 amide bonds. The molecule has 0 radical (unpaired) electrons. The minimum atomic E-state index is -0.754. The third-order valence-corrected chi connectivity index (χ3v) is 27.3. The second-order valence-corrected chi connectivity index (χ2v) is 32.0. The van der Waals surface area contributed by atoms with Crippen LogP contribution in [-0.4, -0.2) is 20.4 Å². The molecule has 0 saturated heterocycles. The van der Waals surface area contributed by atoms with Crippen LogP contribution in [0.3, 0.4) is 0 Å². The first kappa shape index (κ1) is 61.8. The van der Waals surface area contributed by atoms with Crippen LogP contribution < -0.4 is 0 Å². The Balaban J connectivity index is 0.728. The Morgan fingerprint density at radius 3 is 1.00 bits per heavy atom. The predicted molar refractivity (Wildman–Crippen MR) is 448 cm³/mol. The maximum atomic E-state index is 4.79. The molecule has 0 bridgehead atoms. The van der Waals surface area contributed by atoms with E-state index in [2.05, 4.69) is 374 Å². The van der Waals surface area contributed by atoms with E-state index in [0.29, 0.717) is 0 Å². The van der Waals surface area contributed by atoms with E-state index in [-0.39, 0.29) is 0 Å². The molecule has 6 heteroatoms. The Morgan fingerprint density at radius 1 is 0.164 bits per heavy atom. The molecule has 4 unspecified atom stereocenters. The van der Waals surface area contributed by atoms with Crippen LogP contribution in [-0.2, 0) is 21.7 Å². The van der Waals surface area contributed by atoms with Crippen molar-refractivity contribution in [3.63, 3.8) is 0 Å². The lowest BCUT2D eigenvalue weighted by Gasteiger charge is -2.48. The number of nitrogens with zero attached hydrogens (tertiary/aromatic N) is 4. The molecule has 0 fully saturated rings. The van der Waals surface area contributed by atoms with Gasteiger partial charge < -0.3 is 0 Å². The molecule has 18 aromatic rings. The molecule has 6 aliphatic carbocycles. The summed E-state index contributed by atoms with van der Waals surface area (Å²) in [4.78, 5) is 0. The monoisotopic (exact) mass is 1430 g/mol. The highest BCUT2D eigenvalue weighted by Gasteiger charge is 2.62. The fourth-order valence-corrected chi connectivity index (χ4v) is 22.8. The van der Waals surface area contributed by atoms with Gasteiger partial charge in [0, 0.05) is 22.3 Å². The first-order valence-corrected chi connectivity index (χ1v) is 39.5. The Labute approximate surface area is 645 Å². The molecule has 16 aromatic carbocycles. The van der Waals surface area contributed by atoms with E-state index in [9.17, 15) is 0 Å². The van der Waals surface area contributed by atoms with Crippen LogP contribution in [0.1, 0.15) is 89.0 Å². The highest BCUT2D eigenvalue weighted by atomic mass is 32.1. The SMILES string of the molecule is c1ccc(-c2nnc(-c3ccc(-c4ccc5c(c4)-c4ccccc4C54c5ccccc5C5(c6ccccc6)c6cc(-c7cc(-c8ccc(-c9nnc(-c%10ccccc%10)s9)cc8)cc8c7-c7ccccc7C87c8ccccc8C8(c9ccccc9)c9ccccc9-c9cccc7c98)ccc6-c6cccc4c65)cc3)s2)cc1. The molecular weight excluding hydrogens is 1370 g/mol. The fourth-order valence-electron chi connectivity index (χ4n) is 21.1. The number of rotatable bonds is 9. The number of hydrogen-bond donors (Lipinski definition) is 0. The van der Waals surface area contributed by atoms with Crippen molar-refractivity contribution in [3.05, 3.63) is 465 Å². The predicted octanol–water partition coefficient (Wildman–Crippen LogP) is 25.1. The maximum Gasteiger partial charge on any atom is 0.148 e. The summed E-state index contributed by atoms with van der Waals surface area (Å²) in [7, 11) is 0. The van der Waals surface area contributed by atoms with Gasteiger partial charge in [0.05, 0.1) is 21.7 Å². The van der Waals surface area contributed by atoms with E-state index in [1.165, 1.54) is 150 Å². The topological polar surface area (TPSA) is 51.6 Å². The van der Waals surface area contributed by atoms with Gasteiger partial charge >= 0.3 is 0 Å². The zero-order valence-electron chi connectivity index (χ0n) is 59.4. The molecule has 2 spiro atoms. The second-order valence-electron chi connectivity index (χ2n) is 30.1. The summed E-state index contributed by atoms with van der Waals surface area (Å²) in [6.07, 6.45) is 0. The van der Waals surface area contributed by atoms with Gasteiger partial charge in [0.25, 0.3) is 0 Å². The zero-order valence-corrected chi connectivity index (χ0v) is 61.0. The van der Waals surface area contributed by atoms with Crippen molar-refractivity contribution in [2.45, 2.75) is 21.7 Å². The van der Waals surface area contributed by atoms with Gasteiger partial charge in [-0.1, -0.05) is 375 Å². The molecule has 0 saturated carbocycles. The number of benzene rings is 16. The molecular formula is C104H62N4S2.